The van der Waals surface area contributed by atoms with E-state index in [9.17, 15) is 9.59 Å². The minimum atomic E-state index is -0.462. The lowest BCUT2D eigenvalue weighted by molar-refractivity contribution is -0.118. The van der Waals surface area contributed by atoms with Crippen LogP contribution in [0.3, 0.4) is 0 Å². The van der Waals surface area contributed by atoms with Crippen LogP contribution in [0.25, 0.3) is 11.0 Å². The molecule has 1 amide bonds. The molecule has 4 aromatic rings. The third kappa shape index (κ3) is 4.02. The molecule has 0 saturated carbocycles. The average Bonchev–Trinajstić information content (AvgIpc) is 3.27. The first-order valence-corrected chi connectivity index (χ1v) is 10.1. The maximum Gasteiger partial charge on any atom is 0.268 e. The molecule has 0 aliphatic heterocycles. The second kappa shape index (κ2) is 7.94. The van der Waals surface area contributed by atoms with Gasteiger partial charge in [0.1, 0.15) is 18.3 Å². The average molecular weight is 449 g/mol. The van der Waals surface area contributed by atoms with Crippen LogP contribution >= 0.6 is 34.5 Å². The second-order valence-electron chi connectivity index (χ2n) is 6.24. The SMILES string of the molecule is Cn1ncc2c(=O)n(CC(=O)N=c3sccn3Cc3ccc(Cl)cc3Cl)cnc21. The largest absolute Gasteiger partial charge is 0.319 e. The van der Waals surface area contributed by atoms with E-state index in [1.54, 1.807) is 19.2 Å². The number of carbonyl (C=O) groups is 1. The van der Waals surface area contributed by atoms with E-state index in [0.717, 1.165) is 5.56 Å². The highest BCUT2D eigenvalue weighted by atomic mass is 35.5. The van der Waals surface area contributed by atoms with Crippen molar-refractivity contribution in [3.63, 3.8) is 0 Å². The van der Waals surface area contributed by atoms with Crippen LogP contribution in [0, 0.1) is 0 Å². The number of aromatic nitrogens is 5. The molecular weight excluding hydrogens is 435 g/mol. The lowest BCUT2D eigenvalue weighted by Gasteiger charge is -2.06. The fourth-order valence-corrected chi connectivity index (χ4v) is 4.02. The molecule has 8 nitrogen and oxygen atoms in total. The molecule has 0 bridgehead atoms. The van der Waals surface area contributed by atoms with Gasteiger partial charge in [-0.15, -0.1) is 11.3 Å². The normalized spacial score (nSPS) is 12.0. The van der Waals surface area contributed by atoms with E-state index >= 15 is 0 Å². The Morgan fingerprint density at radius 3 is 2.90 bits per heavy atom. The second-order valence-corrected chi connectivity index (χ2v) is 7.95. The van der Waals surface area contributed by atoms with E-state index < -0.39 is 5.91 Å². The Kier molecular flexibility index (Phi) is 5.35. The summed E-state index contributed by atoms with van der Waals surface area (Å²) < 4.78 is 4.54. The van der Waals surface area contributed by atoms with Gasteiger partial charge in [-0.25, -0.2) is 4.98 Å². The van der Waals surface area contributed by atoms with Crippen LogP contribution in [0.2, 0.25) is 10.0 Å². The first kappa shape index (κ1) is 19.6. The van der Waals surface area contributed by atoms with E-state index in [1.165, 1.54) is 33.1 Å². The fourth-order valence-electron chi connectivity index (χ4n) is 2.81. The van der Waals surface area contributed by atoms with E-state index in [0.29, 0.717) is 32.4 Å². The zero-order valence-corrected chi connectivity index (χ0v) is 17.4. The van der Waals surface area contributed by atoms with Gasteiger partial charge in [0.2, 0.25) is 0 Å². The van der Waals surface area contributed by atoms with Crippen molar-refractivity contribution in [3.05, 3.63) is 73.1 Å². The van der Waals surface area contributed by atoms with Gasteiger partial charge in [-0.2, -0.15) is 10.1 Å². The predicted octanol–water partition coefficient (Wildman–Crippen LogP) is 2.48. The molecule has 29 heavy (non-hydrogen) atoms. The molecule has 0 spiro atoms. The summed E-state index contributed by atoms with van der Waals surface area (Å²) in [7, 11) is 1.70. The Balaban J connectivity index is 1.59. The molecular formula is C18H14Cl2N6O2S. The monoisotopic (exact) mass is 448 g/mol. The van der Waals surface area contributed by atoms with Crippen LogP contribution in [0.4, 0.5) is 0 Å². The maximum absolute atomic E-state index is 12.5. The number of aryl methyl sites for hydroxylation is 1. The van der Waals surface area contributed by atoms with E-state index in [4.69, 9.17) is 23.2 Å². The van der Waals surface area contributed by atoms with Gasteiger partial charge in [0, 0.05) is 28.7 Å². The van der Waals surface area contributed by atoms with Gasteiger partial charge in [-0.3, -0.25) is 18.8 Å². The van der Waals surface area contributed by atoms with Crippen LogP contribution in [-0.4, -0.2) is 29.8 Å². The van der Waals surface area contributed by atoms with Gasteiger partial charge >= 0.3 is 0 Å². The molecule has 148 valence electrons. The van der Waals surface area contributed by atoms with Crippen LogP contribution in [0.1, 0.15) is 5.56 Å². The Hall–Kier alpha value is -2.75. The zero-order valence-electron chi connectivity index (χ0n) is 15.1. The molecule has 0 radical (unpaired) electrons. The standard InChI is InChI=1S/C18H14Cl2N6O2S/c1-24-16-13(7-22-24)17(28)26(10-21-16)9-15(27)23-18-25(4-5-29-18)8-11-2-3-12(19)6-14(11)20/h2-7,10H,8-9H2,1H3. The molecule has 0 aliphatic rings. The summed E-state index contributed by atoms with van der Waals surface area (Å²) >= 11 is 13.5. The summed E-state index contributed by atoms with van der Waals surface area (Å²) in [5, 5.41) is 7.28. The van der Waals surface area contributed by atoms with Gasteiger partial charge in [0.05, 0.1) is 12.7 Å². The van der Waals surface area contributed by atoms with Crippen molar-refractivity contribution >= 4 is 51.5 Å². The first-order valence-electron chi connectivity index (χ1n) is 8.45. The van der Waals surface area contributed by atoms with Crippen molar-refractivity contribution in [2.24, 2.45) is 12.0 Å². The lowest BCUT2D eigenvalue weighted by atomic mass is 10.2. The Labute approximate surface area is 178 Å². The number of halogens is 2. The van der Waals surface area contributed by atoms with E-state index in [1.807, 2.05) is 22.2 Å². The fraction of sp³-hybridized carbons (Fsp3) is 0.167. The highest BCUT2D eigenvalue weighted by molar-refractivity contribution is 7.07. The molecule has 3 heterocycles. The first-order chi connectivity index (χ1) is 13.9. The van der Waals surface area contributed by atoms with Crippen LogP contribution in [0.5, 0.6) is 0 Å². The molecule has 0 aliphatic carbocycles. The van der Waals surface area contributed by atoms with Crippen molar-refractivity contribution in [1.82, 2.24) is 23.9 Å². The summed E-state index contributed by atoms with van der Waals surface area (Å²) in [6, 6.07) is 5.25. The Bertz CT molecular complexity index is 1350. The highest BCUT2D eigenvalue weighted by Gasteiger charge is 2.11. The summed E-state index contributed by atoms with van der Waals surface area (Å²) in [5.74, 6) is -0.462. The number of thiazole rings is 1. The Morgan fingerprint density at radius 1 is 1.28 bits per heavy atom. The minimum absolute atomic E-state index is 0.212. The number of benzene rings is 1. The maximum atomic E-state index is 12.5. The van der Waals surface area contributed by atoms with Crippen LogP contribution < -0.4 is 10.4 Å². The topological polar surface area (TPSA) is 87.1 Å². The van der Waals surface area contributed by atoms with Crippen molar-refractivity contribution in [1.29, 1.82) is 0 Å². The van der Waals surface area contributed by atoms with Crippen molar-refractivity contribution in [2.45, 2.75) is 13.1 Å². The highest BCUT2D eigenvalue weighted by Crippen LogP contribution is 2.21. The quantitative estimate of drug-likeness (QED) is 0.479. The molecule has 0 saturated heterocycles. The number of hydrogen-bond acceptors (Lipinski definition) is 5. The predicted molar refractivity (Wildman–Crippen MR) is 111 cm³/mol. The molecule has 3 aromatic heterocycles. The number of rotatable bonds is 4. The van der Waals surface area contributed by atoms with E-state index in [-0.39, 0.29) is 12.1 Å². The smallest absolute Gasteiger partial charge is 0.268 e. The molecule has 1 aromatic carbocycles. The number of fused-ring (bicyclic) bond motifs is 1. The molecule has 4 rings (SSSR count). The van der Waals surface area contributed by atoms with Gasteiger partial charge in [-0.1, -0.05) is 29.3 Å². The molecule has 0 atom stereocenters. The molecule has 0 fully saturated rings. The summed E-state index contributed by atoms with van der Waals surface area (Å²) in [6.45, 7) is 0.227. The zero-order chi connectivity index (χ0) is 20.5. The number of hydrogen-bond donors (Lipinski definition) is 0. The van der Waals surface area contributed by atoms with Crippen LogP contribution in [0.15, 0.2) is 52.1 Å². The van der Waals surface area contributed by atoms with Crippen molar-refractivity contribution in [3.8, 4) is 0 Å². The third-order valence-corrected chi connectivity index (χ3v) is 5.64. The summed E-state index contributed by atoms with van der Waals surface area (Å²) in [6.07, 6.45) is 4.58. The molecule has 0 unspecified atom stereocenters. The van der Waals surface area contributed by atoms with Gasteiger partial charge < -0.3 is 4.57 Å². The summed E-state index contributed by atoms with van der Waals surface area (Å²) in [4.78, 5) is 33.8. The van der Waals surface area contributed by atoms with Gasteiger partial charge in [0.15, 0.2) is 10.4 Å². The number of carbonyl (C=O) groups excluding carboxylic acids is 1. The Morgan fingerprint density at radius 2 is 2.10 bits per heavy atom. The number of nitrogens with zero attached hydrogens (tertiary/aromatic N) is 6. The van der Waals surface area contributed by atoms with Crippen LogP contribution in [-0.2, 0) is 24.9 Å². The summed E-state index contributed by atoms with van der Waals surface area (Å²) in [5.41, 5.74) is 0.982. The third-order valence-electron chi connectivity index (χ3n) is 4.26. The molecule has 11 heteroatoms. The lowest BCUT2D eigenvalue weighted by Crippen LogP contribution is -2.25. The molecule has 0 N–H and O–H groups in total. The van der Waals surface area contributed by atoms with Gasteiger partial charge in [-0.05, 0) is 17.7 Å². The van der Waals surface area contributed by atoms with E-state index in [2.05, 4.69) is 15.1 Å². The van der Waals surface area contributed by atoms with Crippen molar-refractivity contribution in [2.75, 3.05) is 0 Å². The number of amides is 1. The van der Waals surface area contributed by atoms with Gasteiger partial charge in [0.25, 0.3) is 11.5 Å². The minimum Gasteiger partial charge on any atom is -0.319 e. The van der Waals surface area contributed by atoms with Crippen molar-refractivity contribution < 1.29 is 4.79 Å².